The monoisotopic (exact) mass is 266 g/mol. The number of nitrogens with one attached hydrogen (secondary N) is 1. The minimum absolute atomic E-state index is 0.166. The molecule has 102 valence electrons. The fourth-order valence-electron chi connectivity index (χ4n) is 2.02. The van der Waals surface area contributed by atoms with E-state index in [-0.39, 0.29) is 6.04 Å². The van der Waals surface area contributed by atoms with E-state index in [0.717, 1.165) is 17.0 Å². The van der Waals surface area contributed by atoms with E-state index in [1.807, 2.05) is 55.5 Å². The van der Waals surface area contributed by atoms with Gasteiger partial charge in [0.1, 0.15) is 5.75 Å². The van der Waals surface area contributed by atoms with Crippen LogP contribution in [0.2, 0.25) is 0 Å². The van der Waals surface area contributed by atoms with Crippen LogP contribution in [0.4, 0.5) is 5.69 Å². The fraction of sp³-hybridized carbons (Fsp3) is 0.235. The number of hydrogen-bond acceptors (Lipinski definition) is 3. The third kappa shape index (κ3) is 3.52. The van der Waals surface area contributed by atoms with Crippen molar-refractivity contribution in [1.82, 2.24) is 0 Å². The lowest BCUT2D eigenvalue weighted by Gasteiger charge is -2.16. The van der Waals surface area contributed by atoms with Crippen molar-refractivity contribution in [3.8, 4) is 11.8 Å². The van der Waals surface area contributed by atoms with Crippen molar-refractivity contribution in [2.45, 2.75) is 19.9 Å². The zero-order valence-electron chi connectivity index (χ0n) is 11.8. The summed E-state index contributed by atoms with van der Waals surface area (Å²) in [6.45, 7) is 4.73. The Bertz CT molecular complexity index is 599. The van der Waals surface area contributed by atoms with E-state index in [1.54, 1.807) is 0 Å². The molecule has 0 saturated carbocycles. The fourth-order valence-corrected chi connectivity index (χ4v) is 2.02. The summed E-state index contributed by atoms with van der Waals surface area (Å²) in [5, 5.41) is 12.2. The van der Waals surface area contributed by atoms with Crippen LogP contribution >= 0.6 is 0 Å². The maximum absolute atomic E-state index is 8.80. The second-order valence-corrected chi connectivity index (χ2v) is 4.56. The van der Waals surface area contributed by atoms with Crippen LogP contribution in [-0.4, -0.2) is 6.61 Å². The maximum Gasteiger partial charge on any atom is 0.121 e. The summed E-state index contributed by atoms with van der Waals surface area (Å²) in [4.78, 5) is 0. The normalized spacial score (nSPS) is 11.4. The van der Waals surface area contributed by atoms with Gasteiger partial charge in [0.2, 0.25) is 0 Å². The average molecular weight is 266 g/mol. The largest absolute Gasteiger partial charge is 0.494 e. The van der Waals surface area contributed by atoms with Gasteiger partial charge in [-0.1, -0.05) is 18.2 Å². The predicted octanol–water partition coefficient (Wildman–Crippen LogP) is 4.13. The topological polar surface area (TPSA) is 45.0 Å². The SMILES string of the molecule is CCOc1cccc(NC(C)c2ccc(C#N)cc2)c1. The molecule has 0 aromatic heterocycles. The average Bonchev–Trinajstić information content (AvgIpc) is 2.48. The quantitative estimate of drug-likeness (QED) is 0.885. The van der Waals surface area contributed by atoms with E-state index in [0.29, 0.717) is 12.2 Å². The molecule has 0 aliphatic carbocycles. The van der Waals surface area contributed by atoms with E-state index >= 15 is 0 Å². The van der Waals surface area contributed by atoms with Crippen molar-refractivity contribution in [2.75, 3.05) is 11.9 Å². The van der Waals surface area contributed by atoms with E-state index in [4.69, 9.17) is 10.00 Å². The molecule has 1 unspecified atom stereocenters. The Hall–Kier alpha value is -2.47. The molecule has 0 fully saturated rings. The third-order valence-electron chi connectivity index (χ3n) is 3.07. The summed E-state index contributed by atoms with van der Waals surface area (Å²) in [5.41, 5.74) is 2.85. The van der Waals surface area contributed by atoms with Crippen molar-refractivity contribution < 1.29 is 4.74 Å². The molecule has 0 aliphatic rings. The number of nitriles is 1. The first kappa shape index (κ1) is 14.0. The Morgan fingerprint density at radius 1 is 1.20 bits per heavy atom. The number of nitrogens with zero attached hydrogens (tertiary/aromatic N) is 1. The Morgan fingerprint density at radius 2 is 1.95 bits per heavy atom. The summed E-state index contributed by atoms with van der Waals surface area (Å²) in [6.07, 6.45) is 0. The zero-order chi connectivity index (χ0) is 14.4. The van der Waals surface area contributed by atoms with Gasteiger partial charge in [-0.2, -0.15) is 5.26 Å². The second-order valence-electron chi connectivity index (χ2n) is 4.56. The minimum atomic E-state index is 0.166. The van der Waals surface area contributed by atoms with Crippen molar-refractivity contribution in [1.29, 1.82) is 5.26 Å². The van der Waals surface area contributed by atoms with Gasteiger partial charge in [0.15, 0.2) is 0 Å². The molecule has 1 N–H and O–H groups in total. The maximum atomic E-state index is 8.80. The van der Waals surface area contributed by atoms with Crippen LogP contribution in [0.3, 0.4) is 0 Å². The zero-order valence-corrected chi connectivity index (χ0v) is 11.8. The number of ether oxygens (including phenoxy) is 1. The van der Waals surface area contributed by atoms with Gasteiger partial charge in [-0.15, -0.1) is 0 Å². The molecule has 2 rings (SSSR count). The lowest BCUT2D eigenvalue weighted by atomic mass is 10.1. The van der Waals surface area contributed by atoms with Gasteiger partial charge >= 0.3 is 0 Å². The molecule has 3 nitrogen and oxygen atoms in total. The van der Waals surface area contributed by atoms with Crippen LogP contribution in [-0.2, 0) is 0 Å². The minimum Gasteiger partial charge on any atom is -0.494 e. The number of anilines is 1. The third-order valence-corrected chi connectivity index (χ3v) is 3.07. The molecule has 0 heterocycles. The van der Waals surface area contributed by atoms with Gasteiger partial charge < -0.3 is 10.1 Å². The lowest BCUT2D eigenvalue weighted by molar-refractivity contribution is 0.340. The van der Waals surface area contributed by atoms with Crippen molar-refractivity contribution in [2.24, 2.45) is 0 Å². The van der Waals surface area contributed by atoms with Gasteiger partial charge in [0.25, 0.3) is 0 Å². The highest BCUT2D eigenvalue weighted by atomic mass is 16.5. The highest BCUT2D eigenvalue weighted by molar-refractivity contribution is 5.50. The Labute approximate surface area is 119 Å². The summed E-state index contributed by atoms with van der Waals surface area (Å²) >= 11 is 0. The molecule has 2 aromatic carbocycles. The highest BCUT2D eigenvalue weighted by Crippen LogP contribution is 2.23. The van der Waals surface area contributed by atoms with Crippen LogP contribution in [0.15, 0.2) is 48.5 Å². The van der Waals surface area contributed by atoms with Crippen LogP contribution in [0.5, 0.6) is 5.75 Å². The smallest absolute Gasteiger partial charge is 0.121 e. The first-order chi connectivity index (χ1) is 9.72. The van der Waals surface area contributed by atoms with E-state index < -0.39 is 0 Å². The van der Waals surface area contributed by atoms with Gasteiger partial charge in [0, 0.05) is 17.8 Å². The Morgan fingerprint density at radius 3 is 2.60 bits per heavy atom. The van der Waals surface area contributed by atoms with Crippen LogP contribution in [0, 0.1) is 11.3 Å². The highest BCUT2D eigenvalue weighted by Gasteiger charge is 2.06. The summed E-state index contributed by atoms with van der Waals surface area (Å²) in [5.74, 6) is 0.865. The molecule has 0 radical (unpaired) electrons. The van der Waals surface area contributed by atoms with Gasteiger partial charge in [-0.05, 0) is 43.7 Å². The Kier molecular flexibility index (Phi) is 4.62. The number of hydrogen-bond donors (Lipinski definition) is 1. The van der Waals surface area contributed by atoms with Gasteiger partial charge in [-0.3, -0.25) is 0 Å². The molecule has 3 heteroatoms. The standard InChI is InChI=1S/C17H18N2O/c1-3-20-17-6-4-5-16(11-17)19-13(2)15-9-7-14(12-18)8-10-15/h4-11,13,19H,3H2,1-2H3. The van der Waals surface area contributed by atoms with Crippen molar-refractivity contribution in [3.05, 3.63) is 59.7 Å². The van der Waals surface area contributed by atoms with Crippen LogP contribution in [0.25, 0.3) is 0 Å². The molecular weight excluding hydrogens is 248 g/mol. The summed E-state index contributed by atoms with van der Waals surface area (Å²) in [7, 11) is 0. The first-order valence-electron chi connectivity index (χ1n) is 6.72. The number of rotatable bonds is 5. The molecule has 0 aliphatic heterocycles. The van der Waals surface area contributed by atoms with E-state index in [1.165, 1.54) is 0 Å². The molecule has 2 aromatic rings. The van der Waals surface area contributed by atoms with E-state index in [2.05, 4.69) is 18.3 Å². The Balaban J connectivity index is 2.08. The van der Waals surface area contributed by atoms with E-state index in [9.17, 15) is 0 Å². The second kappa shape index (κ2) is 6.63. The summed E-state index contributed by atoms with van der Waals surface area (Å²) < 4.78 is 5.49. The first-order valence-corrected chi connectivity index (χ1v) is 6.72. The summed E-state index contributed by atoms with van der Waals surface area (Å²) in [6, 6.07) is 17.8. The van der Waals surface area contributed by atoms with Gasteiger partial charge in [-0.25, -0.2) is 0 Å². The molecular formula is C17H18N2O. The van der Waals surface area contributed by atoms with Crippen LogP contribution in [0.1, 0.15) is 31.0 Å². The molecule has 0 saturated heterocycles. The molecule has 0 amide bonds. The van der Waals surface area contributed by atoms with Crippen molar-refractivity contribution >= 4 is 5.69 Å². The molecule has 0 spiro atoms. The molecule has 1 atom stereocenters. The number of benzene rings is 2. The molecule has 20 heavy (non-hydrogen) atoms. The lowest BCUT2D eigenvalue weighted by Crippen LogP contribution is -2.06. The van der Waals surface area contributed by atoms with Crippen molar-refractivity contribution in [3.63, 3.8) is 0 Å². The van der Waals surface area contributed by atoms with Gasteiger partial charge in [0.05, 0.1) is 18.2 Å². The predicted molar refractivity (Wildman–Crippen MR) is 80.8 cm³/mol. The molecule has 0 bridgehead atoms. The van der Waals surface area contributed by atoms with Crippen LogP contribution < -0.4 is 10.1 Å².